The third-order valence-electron chi connectivity index (χ3n) is 2.63. The van der Waals surface area contributed by atoms with E-state index in [1.807, 2.05) is 25.2 Å². The Balaban J connectivity index is 2.52. The van der Waals surface area contributed by atoms with E-state index in [4.69, 9.17) is 0 Å². The van der Waals surface area contributed by atoms with Crippen molar-refractivity contribution in [3.05, 3.63) is 35.9 Å². The Morgan fingerprint density at radius 1 is 1.31 bits per heavy atom. The highest BCUT2D eigenvalue weighted by Crippen LogP contribution is 2.13. The van der Waals surface area contributed by atoms with Crippen LogP contribution in [0.1, 0.15) is 31.4 Å². The number of unbranched alkanes of at least 4 members (excludes halogenated alkanes) is 1. The standard InChI is InChI=1S/C13H21NOS/c1-3-4-10-16(15)11-13(14-2)12-8-6-5-7-9-12/h5-9,13-14H,3-4,10-11H2,1-2H3. The molecule has 0 radical (unpaired) electrons. The highest BCUT2D eigenvalue weighted by Gasteiger charge is 2.12. The van der Waals surface area contributed by atoms with Crippen LogP contribution in [0.2, 0.25) is 0 Å². The molecule has 0 fully saturated rings. The van der Waals surface area contributed by atoms with E-state index in [0.29, 0.717) is 5.75 Å². The van der Waals surface area contributed by atoms with Crippen molar-refractivity contribution in [1.29, 1.82) is 0 Å². The lowest BCUT2D eigenvalue weighted by Gasteiger charge is -2.16. The molecule has 3 heteroatoms. The SMILES string of the molecule is CCCCS(=O)CC(NC)c1ccccc1. The number of hydrogen-bond acceptors (Lipinski definition) is 2. The maximum atomic E-state index is 11.8. The van der Waals surface area contributed by atoms with E-state index in [0.717, 1.165) is 18.6 Å². The first-order valence-corrected chi connectivity index (χ1v) is 7.34. The summed E-state index contributed by atoms with van der Waals surface area (Å²) in [6.45, 7) is 2.13. The zero-order valence-electron chi connectivity index (χ0n) is 10.1. The van der Waals surface area contributed by atoms with Crippen LogP contribution in [0, 0.1) is 0 Å². The van der Waals surface area contributed by atoms with Crippen molar-refractivity contribution < 1.29 is 4.21 Å². The second-order valence-corrected chi connectivity index (χ2v) is 5.54. The van der Waals surface area contributed by atoms with E-state index >= 15 is 0 Å². The lowest BCUT2D eigenvalue weighted by molar-refractivity contribution is 0.634. The normalized spacial score (nSPS) is 14.6. The predicted molar refractivity (Wildman–Crippen MR) is 71.0 cm³/mol. The molecule has 0 saturated carbocycles. The molecule has 90 valence electrons. The number of rotatable bonds is 7. The Kier molecular flexibility index (Phi) is 6.34. The number of nitrogens with one attached hydrogen (secondary N) is 1. The third-order valence-corrected chi connectivity index (χ3v) is 4.08. The van der Waals surface area contributed by atoms with Gasteiger partial charge in [-0.2, -0.15) is 0 Å². The molecule has 0 aliphatic rings. The lowest BCUT2D eigenvalue weighted by Crippen LogP contribution is -2.23. The molecule has 0 heterocycles. The molecule has 2 unspecified atom stereocenters. The molecule has 1 aromatic carbocycles. The number of hydrogen-bond donors (Lipinski definition) is 1. The molecule has 0 amide bonds. The largest absolute Gasteiger partial charge is 0.312 e. The van der Waals surface area contributed by atoms with Crippen LogP contribution in [0.3, 0.4) is 0 Å². The summed E-state index contributed by atoms with van der Waals surface area (Å²) in [6, 6.07) is 10.4. The summed E-state index contributed by atoms with van der Waals surface area (Å²) in [5.74, 6) is 1.53. The van der Waals surface area contributed by atoms with Crippen molar-refractivity contribution >= 4 is 10.8 Å². The first-order valence-electron chi connectivity index (χ1n) is 5.85. The first kappa shape index (κ1) is 13.4. The van der Waals surface area contributed by atoms with Gasteiger partial charge in [-0.25, -0.2) is 0 Å². The minimum atomic E-state index is -0.713. The maximum absolute atomic E-state index is 11.8. The van der Waals surface area contributed by atoms with Gasteiger partial charge in [-0.15, -0.1) is 0 Å². The van der Waals surface area contributed by atoms with E-state index in [2.05, 4.69) is 24.4 Å². The van der Waals surface area contributed by atoms with Gasteiger partial charge in [0.1, 0.15) is 0 Å². The molecule has 0 aliphatic carbocycles. The van der Waals surface area contributed by atoms with Crippen molar-refractivity contribution in [2.24, 2.45) is 0 Å². The van der Waals surface area contributed by atoms with Gasteiger partial charge in [0.15, 0.2) is 0 Å². The van der Waals surface area contributed by atoms with Gasteiger partial charge < -0.3 is 5.32 Å². The Hall–Kier alpha value is -0.670. The Morgan fingerprint density at radius 3 is 2.56 bits per heavy atom. The van der Waals surface area contributed by atoms with Crippen LogP contribution in [-0.2, 0) is 10.8 Å². The second-order valence-electron chi connectivity index (χ2n) is 3.92. The third kappa shape index (κ3) is 4.45. The number of benzene rings is 1. The summed E-state index contributed by atoms with van der Waals surface area (Å²) in [4.78, 5) is 0. The Labute approximate surface area is 101 Å². The van der Waals surface area contributed by atoms with Gasteiger partial charge in [0.2, 0.25) is 0 Å². The van der Waals surface area contributed by atoms with Crippen LogP contribution >= 0.6 is 0 Å². The molecule has 0 saturated heterocycles. The van der Waals surface area contributed by atoms with Crippen LogP contribution in [-0.4, -0.2) is 22.8 Å². The summed E-state index contributed by atoms with van der Waals surface area (Å²) in [7, 11) is 1.21. The molecule has 0 spiro atoms. The van der Waals surface area contributed by atoms with E-state index in [1.54, 1.807) is 0 Å². The minimum absolute atomic E-state index is 0.207. The maximum Gasteiger partial charge on any atom is 0.0434 e. The van der Waals surface area contributed by atoms with Crippen molar-refractivity contribution in [3.63, 3.8) is 0 Å². The monoisotopic (exact) mass is 239 g/mol. The van der Waals surface area contributed by atoms with E-state index in [-0.39, 0.29) is 6.04 Å². The van der Waals surface area contributed by atoms with Crippen LogP contribution in [0.4, 0.5) is 0 Å². The fourth-order valence-corrected chi connectivity index (χ4v) is 3.11. The summed E-state index contributed by atoms with van der Waals surface area (Å²) in [6.07, 6.45) is 2.17. The summed E-state index contributed by atoms with van der Waals surface area (Å²) in [5.41, 5.74) is 1.22. The molecular formula is C13H21NOS. The van der Waals surface area contributed by atoms with Crippen molar-refractivity contribution in [2.45, 2.75) is 25.8 Å². The fraction of sp³-hybridized carbons (Fsp3) is 0.538. The Bertz CT molecular complexity index is 313. The molecule has 1 aromatic rings. The fourth-order valence-electron chi connectivity index (χ4n) is 1.61. The molecular weight excluding hydrogens is 218 g/mol. The highest BCUT2D eigenvalue weighted by atomic mass is 32.2. The lowest BCUT2D eigenvalue weighted by atomic mass is 10.1. The smallest absolute Gasteiger partial charge is 0.0434 e. The van der Waals surface area contributed by atoms with Crippen LogP contribution < -0.4 is 5.32 Å². The average molecular weight is 239 g/mol. The van der Waals surface area contributed by atoms with Gasteiger partial charge in [0, 0.05) is 28.3 Å². The highest BCUT2D eigenvalue weighted by molar-refractivity contribution is 7.85. The molecule has 0 aliphatic heterocycles. The quantitative estimate of drug-likeness (QED) is 0.792. The molecule has 16 heavy (non-hydrogen) atoms. The summed E-state index contributed by atoms with van der Waals surface area (Å²) >= 11 is 0. The van der Waals surface area contributed by atoms with Crippen LogP contribution in [0.5, 0.6) is 0 Å². The van der Waals surface area contributed by atoms with Crippen molar-refractivity contribution in [2.75, 3.05) is 18.6 Å². The minimum Gasteiger partial charge on any atom is -0.312 e. The first-order chi connectivity index (χ1) is 7.77. The van der Waals surface area contributed by atoms with Gasteiger partial charge in [-0.05, 0) is 19.0 Å². The van der Waals surface area contributed by atoms with E-state index in [9.17, 15) is 4.21 Å². The van der Waals surface area contributed by atoms with E-state index in [1.165, 1.54) is 5.56 Å². The van der Waals surface area contributed by atoms with Crippen molar-refractivity contribution in [1.82, 2.24) is 5.32 Å². The summed E-state index contributed by atoms with van der Waals surface area (Å²) in [5, 5.41) is 3.23. The topological polar surface area (TPSA) is 29.1 Å². The van der Waals surface area contributed by atoms with E-state index < -0.39 is 10.8 Å². The Morgan fingerprint density at radius 2 is 2.00 bits per heavy atom. The molecule has 1 rings (SSSR count). The second kappa shape index (κ2) is 7.58. The van der Waals surface area contributed by atoms with Gasteiger partial charge in [0.25, 0.3) is 0 Å². The predicted octanol–water partition coefficient (Wildman–Crippen LogP) is 2.50. The van der Waals surface area contributed by atoms with Gasteiger partial charge in [0.05, 0.1) is 0 Å². The van der Waals surface area contributed by atoms with Gasteiger partial charge in [-0.1, -0.05) is 43.7 Å². The molecule has 2 nitrogen and oxygen atoms in total. The summed E-state index contributed by atoms with van der Waals surface area (Å²) < 4.78 is 11.8. The molecule has 0 bridgehead atoms. The van der Waals surface area contributed by atoms with Crippen molar-refractivity contribution in [3.8, 4) is 0 Å². The average Bonchev–Trinajstić information content (AvgIpc) is 2.34. The molecule has 2 atom stereocenters. The zero-order valence-corrected chi connectivity index (χ0v) is 10.9. The van der Waals surface area contributed by atoms with Crippen LogP contribution in [0.25, 0.3) is 0 Å². The van der Waals surface area contributed by atoms with Gasteiger partial charge in [-0.3, -0.25) is 4.21 Å². The van der Waals surface area contributed by atoms with Crippen LogP contribution in [0.15, 0.2) is 30.3 Å². The molecule has 0 aromatic heterocycles. The van der Waals surface area contributed by atoms with Gasteiger partial charge >= 0.3 is 0 Å². The zero-order chi connectivity index (χ0) is 11.8. The molecule has 1 N–H and O–H groups in total.